The van der Waals surface area contributed by atoms with Gasteiger partial charge in [-0.1, -0.05) is 35.5 Å². The fourth-order valence-electron chi connectivity index (χ4n) is 4.47. The number of aryl methyl sites for hydroxylation is 1. The van der Waals surface area contributed by atoms with Gasteiger partial charge in [-0.2, -0.15) is 0 Å². The number of halogens is 1. The first-order valence-electron chi connectivity index (χ1n) is 9.55. The van der Waals surface area contributed by atoms with E-state index >= 15 is 0 Å². The number of hydrogen-bond acceptors (Lipinski definition) is 5. The first-order chi connectivity index (χ1) is 14.0. The number of carbonyl (C=O) groups excluding carboxylic acids is 1. The van der Waals surface area contributed by atoms with E-state index in [4.69, 9.17) is 4.52 Å². The first-order valence-corrected chi connectivity index (χ1v) is 9.55. The number of allylic oxidation sites excluding steroid dienone is 2. The normalized spacial score (nSPS) is 20.8. The highest BCUT2D eigenvalue weighted by molar-refractivity contribution is 6.01. The molecule has 0 spiro atoms. The highest BCUT2D eigenvalue weighted by atomic mass is 19.1. The van der Waals surface area contributed by atoms with Crippen molar-refractivity contribution in [3.63, 3.8) is 0 Å². The Bertz CT molecular complexity index is 1150. The topological polar surface area (TPSA) is 75.4 Å². The lowest BCUT2D eigenvalue weighted by atomic mass is 9.72. The summed E-state index contributed by atoms with van der Waals surface area (Å²) in [5.41, 5.74) is 4.11. The molecule has 2 aromatic carbocycles. The summed E-state index contributed by atoms with van der Waals surface area (Å²) in [6.07, 6.45) is 0.923. The van der Waals surface area contributed by atoms with Crippen molar-refractivity contribution in [2.75, 3.05) is 5.32 Å². The molecule has 146 valence electrons. The summed E-state index contributed by atoms with van der Waals surface area (Å²) >= 11 is 0. The van der Waals surface area contributed by atoms with Crippen LogP contribution in [0.25, 0.3) is 0 Å². The van der Waals surface area contributed by atoms with Crippen LogP contribution >= 0.6 is 0 Å². The van der Waals surface area contributed by atoms with Crippen molar-refractivity contribution in [1.82, 2.24) is 5.16 Å². The molecule has 2 aliphatic rings. The van der Waals surface area contributed by atoms with Gasteiger partial charge in [0.25, 0.3) is 0 Å². The molecule has 0 saturated carbocycles. The maximum atomic E-state index is 14.7. The van der Waals surface area contributed by atoms with E-state index in [0.717, 1.165) is 11.3 Å². The van der Waals surface area contributed by atoms with Gasteiger partial charge in [0.05, 0.1) is 11.3 Å². The molecule has 0 saturated heterocycles. The number of benzene rings is 2. The second-order valence-electron chi connectivity index (χ2n) is 7.60. The summed E-state index contributed by atoms with van der Waals surface area (Å²) in [6, 6.07) is 13.4. The maximum absolute atomic E-state index is 14.7. The second kappa shape index (κ2) is 6.58. The highest BCUT2D eigenvalue weighted by Gasteiger charge is 2.41. The fraction of sp³-hybridized carbons (Fsp3) is 0.217. The van der Waals surface area contributed by atoms with Crippen molar-refractivity contribution < 1.29 is 18.8 Å². The third kappa shape index (κ3) is 2.83. The zero-order valence-electron chi connectivity index (χ0n) is 15.8. The summed E-state index contributed by atoms with van der Waals surface area (Å²) in [6.45, 7) is 1.80. The quantitative estimate of drug-likeness (QED) is 0.658. The maximum Gasteiger partial charge on any atom is 0.233 e. The Morgan fingerprint density at radius 3 is 2.66 bits per heavy atom. The Morgan fingerprint density at radius 1 is 1.14 bits per heavy atom. The Kier molecular flexibility index (Phi) is 4.01. The minimum Gasteiger partial charge on any atom is -0.508 e. The molecule has 0 bridgehead atoms. The van der Waals surface area contributed by atoms with E-state index in [2.05, 4.69) is 10.5 Å². The van der Waals surface area contributed by atoms with Gasteiger partial charge in [-0.25, -0.2) is 4.39 Å². The molecule has 0 radical (unpaired) electrons. The van der Waals surface area contributed by atoms with E-state index in [9.17, 15) is 14.3 Å². The zero-order valence-corrected chi connectivity index (χ0v) is 15.8. The van der Waals surface area contributed by atoms with Crippen LogP contribution in [0.3, 0.4) is 0 Å². The molecule has 2 heterocycles. The van der Waals surface area contributed by atoms with Gasteiger partial charge < -0.3 is 14.9 Å². The van der Waals surface area contributed by atoms with Crippen LogP contribution in [0.15, 0.2) is 64.3 Å². The summed E-state index contributed by atoms with van der Waals surface area (Å²) in [5.74, 6) is -0.285. The number of anilines is 1. The first kappa shape index (κ1) is 17.7. The average molecular weight is 390 g/mol. The molecular weight excluding hydrogens is 371 g/mol. The molecule has 1 aliphatic heterocycles. The predicted octanol–water partition coefficient (Wildman–Crippen LogP) is 4.79. The van der Waals surface area contributed by atoms with Crippen LogP contribution in [0.4, 0.5) is 10.3 Å². The average Bonchev–Trinajstić information content (AvgIpc) is 3.08. The van der Waals surface area contributed by atoms with E-state index in [1.807, 2.05) is 12.1 Å². The van der Waals surface area contributed by atoms with Gasteiger partial charge in [0.15, 0.2) is 5.78 Å². The molecule has 3 aromatic rings. The van der Waals surface area contributed by atoms with Crippen molar-refractivity contribution in [3.8, 4) is 5.75 Å². The monoisotopic (exact) mass is 390 g/mol. The Balaban J connectivity index is 1.63. The van der Waals surface area contributed by atoms with Gasteiger partial charge in [-0.3, -0.25) is 4.79 Å². The van der Waals surface area contributed by atoms with Crippen LogP contribution < -0.4 is 5.32 Å². The van der Waals surface area contributed by atoms with Crippen molar-refractivity contribution >= 4 is 11.7 Å². The molecule has 0 fully saturated rings. The number of nitrogens with one attached hydrogen (secondary N) is 1. The molecule has 1 aliphatic carbocycles. The number of fused-ring (bicyclic) bond motifs is 1. The molecule has 5 nitrogen and oxygen atoms in total. The van der Waals surface area contributed by atoms with E-state index in [0.29, 0.717) is 41.1 Å². The van der Waals surface area contributed by atoms with Crippen molar-refractivity contribution in [2.45, 2.75) is 31.6 Å². The SMILES string of the molecule is Cc1noc2c1[C@H](c1ccccc1F)C1=C(C[C@H](c3ccc(O)cc3)CC1=O)N2. The number of hydrogen-bond donors (Lipinski definition) is 2. The number of Topliss-reactive ketones (excluding diaryl/α,β-unsaturated/α-hetero) is 1. The summed E-state index contributed by atoms with van der Waals surface area (Å²) in [4.78, 5) is 13.3. The molecule has 0 amide bonds. The lowest BCUT2D eigenvalue weighted by molar-refractivity contribution is -0.116. The molecule has 5 rings (SSSR count). The molecule has 29 heavy (non-hydrogen) atoms. The van der Waals surface area contributed by atoms with Crippen LogP contribution in [-0.4, -0.2) is 16.0 Å². The van der Waals surface area contributed by atoms with Crippen LogP contribution in [0, 0.1) is 12.7 Å². The zero-order chi connectivity index (χ0) is 20.1. The summed E-state index contributed by atoms with van der Waals surface area (Å²) in [7, 11) is 0. The van der Waals surface area contributed by atoms with E-state index in [1.165, 1.54) is 6.07 Å². The molecular formula is C23H19FN2O3. The largest absolute Gasteiger partial charge is 0.508 e. The van der Waals surface area contributed by atoms with Crippen molar-refractivity contribution in [2.24, 2.45) is 0 Å². The van der Waals surface area contributed by atoms with E-state index < -0.39 is 5.92 Å². The Morgan fingerprint density at radius 2 is 1.90 bits per heavy atom. The van der Waals surface area contributed by atoms with Gasteiger partial charge >= 0.3 is 0 Å². The van der Waals surface area contributed by atoms with Gasteiger partial charge in [0.1, 0.15) is 11.6 Å². The number of phenolic OH excluding ortho intramolecular Hbond substituents is 1. The van der Waals surface area contributed by atoms with Crippen LogP contribution in [0.5, 0.6) is 5.75 Å². The summed E-state index contributed by atoms with van der Waals surface area (Å²) in [5, 5.41) is 16.8. The number of nitrogens with zero attached hydrogens (tertiary/aromatic N) is 1. The third-order valence-corrected chi connectivity index (χ3v) is 5.84. The lowest BCUT2D eigenvalue weighted by Gasteiger charge is -2.34. The Labute approximate surface area is 166 Å². The number of phenols is 1. The van der Waals surface area contributed by atoms with Crippen molar-refractivity contribution in [1.29, 1.82) is 0 Å². The van der Waals surface area contributed by atoms with Crippen LogP contribution in [0.2, 0.25) is 0 Å². The Hall–Kier alpha value is -3.41. The van der Waals surface area contributed by atoms with E-state index in [-0.39, 0.29) is 23.3 Å². The number of rotatable bonds is 2. The van der Waals surface area contributed by atoms with Crippen LogP contribution in [0.1, 0.15) is 47.1 Å². The standard InChI is InChI=1S/C23H19FN2O3/c1-12-20-21(16-4-2-3-5-17(16)24)22-18(25-23(20)29-26-12)10-14(11-19(22)28)13-6-8-15(27)9-7-13/h2-9,14,21,25,27H,10-11H2,1H3/t14-,21-/m0/s1. The van der Waals surface area contributed by atoms with Gasteiger partial charge in [-0.05, 0) is 43.0 Å². The fourth-order valence-corrected chi connectivity index (χ4v) is 4.47. The smallest absolute Gasteiger partial charge is 0.233 e. The number of aromatic nitrogens is 1. The lowest BCUT2D eigenvalue weighted by Crippen LogP contribution is -2.30. The predicted molar refractivity (Wildman–Crippen MR) is 105 cm³/mol. The number of aromatic hydroxyl groups is 1. The van der Waals surface area contributed by atoms with Gasteiger partial charge in [-0.15, -0.1) is 0 Å². The van der Waals surface area contributed by atoms with Gasteiger partial charge in [0.2, 0.25) is 5.88 Å². The highest BCUT2D eigenvalue weighted by Crippen LogP contribution is 2.49. The number of ketones is 1. The minimum atomic E-state index is -0.540. The van der Waals surface area contributed by atoms with Crippen molar-refractivity contribution in [3.05, 3.63) is 88.0 Å². The van der Waals surface area contributed by atoms with Gasteiger partial charge in [0, 0.05) is 29.2 Å². The van der Waals surface area contributed by atoms with Crippen LogP contribution in [-0.2, 0) is 4.79 Å². The molecule has 2 N–H and O–H groups in total. The molecule has 2 atom stereocenters. The molecule has 1 aromatic heterocycles. The minimum absolute atomic E-state index is 0.0173. The van der Waals surface area contributed by atoms with E-state index in [1.54, 1.807) is 37.3 Å². The molecule has 6 heteroatoms. The summed E-state index contributed by atoms with van der Waals surface area (Å²) < 4.78 is 20.2. The number of carbonyl (C=O) groups is 1. The molecule has 0 unspecified atom stereocenters. The second-order valence-corrected chi connectivity index (χ2v) is 7.60. The third-order valence-electron chi connectivity index (χ3n) is 5.84.